The van der Waals surface area contributed by atoms with Gasteiger partial charge in [0.25, 0.3) is 8.32 Å². The molecular weight excluding hydrogens is 601 g/mol. The minimum atomic E-state index is -2.75. The standard InChI is InChI=1S/C40H68O4Si2/c1-10-11-12-13-14-15-16-17-18-19-20-27-32-38(41)42-33-35(44-45(8,9)39(2,3)4)34-43-46(40(5,6)7,36-28-23-21-24-29-36)37-30-25-22-26-31-37/h21-26,28-31,35H,10-20,27,32-34H2,1-9H3/t35-/m1/s1. The zero-order valence-electron chi connectivity index (χ0n) is 31.1. The number of ether oxygens (including phenoxy) is 1. The van der Waals surface area contributed by atoms with Crippen molar-refractivity contribution in [2.45, 2.75) is 161 Å². The van der Waals surface area contributed by atoms with Crippen LogP contribution in [0.25, 0.3) is 0 Å². The first-order valence-corrected chi connectivity index (χ1v) is 23.1. The predicted octanol–water partition coefficient (Wildman–Crippen LogP) is 10.6. The molecular formula is C40H68O4Si2. The Balaban J connectivity index is 2.03. The first-order chi connectivity index (χ1) is 21.7. The van der Waals surface area contributed by atoms with Crippen LogP contribution in [0.2, 0.25) is 23.2 Å². The van der Waals surface area contributed by atoms with Crippen LogP contribution < -0.4 is 10.4 Å². The summed E-state index contributed by atoms with van der Waals surface area (Å²) in [4.78, 5) is 12.9. The van der Waals surface area contributed by atoms with Crippen molar-refractivity contribution in [3.8, 4) is 0 Å². The zero-order valence-corrected chi connectivity index (χ0v) is 33.1. The average Bonchev–Trinajstić information content (AvgIpc) is 3.00. The molecule has 2 aromatic rings. The first kappa shape index (κ1) is 40.4. The molecule has 260 valence electrons. The Morgan fingerprint density at radius 3 is 1.48 bits per heavy atom. The predicted molar refractivity (Wildman–Crippen MR) is 202 cm³/mol. The highest BCUT2D eigenvalue weighted by Gasteiger charge is 2.51. The molecule has 0 amide bonds. The van der Waals surface area contributed by atoms with E-state index in [1.807, 2.05) is 0 Å². The number of carbonyl (C=O) groups excluding carboxylic acids is 1. The van der Waals surface area contributed by atoms with Gasteiger partial charge in [-0.3, -0.25) is 4.79 Å². The van der Waals surface area contributed by atoms with E-state index in [4.69, 9.17) is 13.6 Å². The van der Waals surface area contributed by atoms with Gasteiger partial charge in [0.05, 0.1) is 6.61 Å². The molecule has 0 aliphatic heterocycles. The molecule has 1 atom stereocenters. The molecule has 0 aliphatic rings. The molecule has 4 nitrogen and oxygen atoms in total. The molecule has 0 saturated carbocycles. The van der Waals surface area contributed by atoms with Gasteiger partial charge in [-0.25, -0.2) is 0 Å². The monoisotopic (exact) mass is 668 g/mol. The molecule has 0 spiro atoms. The van der Waals surface area contributed by atoms with Crippen molar-refractivity contribution in [2.75, 3.05) is 13.2 Å². The van der Waals surface area contributed by atoms with E-state index in [1.165, 1.54) is 74.6 Å². The molecule has 6 heteroatoms. The maximum Gasteiger partial charge on any atom is 0.305 e. The van der Waals surface area contributed by atoms with Crippen LogP contribution in [0.15, 0.2) is 60.7 Å². The summed E-state index contributed by atoms with van der Waals surface area (Å²) in [5.74, 6) is -0.124. The number of esters is 1. The van der Waals surface area contributed by atoms with Gasteiger partial charge in [0.1, 0.15) is 12.7 Å². The summed E-state index contributed by atoms with van der Waals surface area (Å²) in [6.45, 7) is 21.0. The normalized spacial score (nSPS) is 13.5. The highest BCUT2D eigenvalue weighted by atomic mass is 28.4. The second-order valence-electron chi connectivity index (χ2n) is 15.8. The van der Waals surface area contributed by atoms with E-state index >= 15 is 0 Å². The Hall–Kier alpha value is -1.74. The SMILES string of the molecule is CCCCCCCCCCCCCCC(=O)OC[C@H](CO[Si](c1ccccc1)(c1ccccc1)C(C)(C)C)O[Si](C)(C)C(C)(C)C. The lowest BCUT2D eigenvalue weighted by Crippen LogP contribution is -2.67. The fourth-order valence-corrected chi connectivity index (χ4v) is 12.0. The summed E-state index contributed by atoms with van der Waals surface area (Å²) >= 11 is 0. The maximum atomic E-state index is 12.9. The molecule has 0 unspecified atom stereocenters. The van der Waals surface area contributed by atoms with Crippen molar-refractivity contribution >= 4 is 33.0 Å². The Labute approximate surface area is 285 Å². The lowest BCUT2D eigenvalue weighted by molar-refractivity contribution is -0.147. The number of carbonyl (C=O) groups is 1. The number of hydrogen-bond acceptors (Lipinski definition) is 4. The van der Waals surface area contributed by atoms with Gasteiger partial charge >= 0.3 is 5.97 Å². The summed E-state index contributed by atoms with van der Waals surface area (Å²) in [5.41, 5.74) is 0. The Bertz CT molecular complexity index is 1050. The molecule has 0 radical (unpaired) electrons. The Morgan fingerprint density at radius 1 is 0.630 bits per heavy atom. The largest absolute Gasteiger partial charge is 0.463 e. The van der Waals surface area contributed by atoms with Gasteiger partial charge in [-0.2, -0.15) is 0 Å². The van der Waals surface area contributed by atoms with Crippen molar-refractivity contribution in [3.63, 3.8) is 0 Å². The van der Waals surface area contributed by atoms with Crippen LogP contribution in [-0.4, -0.2) is 41.9 Å². The van der Waals surface area contributed by atoms with E-state index < -0.39 is 16.6 Å². The van der Waals surface area contributed by atoms with Crippen LogP contribution in [-0.2, 0) is 18.4 Å². The minimum absolute atomic E-state index is 0.0295. The second kappa shape index (κ2) is 19.9. The molecule has 0 N–H and O–H groups in total. The van der Waals surface area contributed by atoms with E-state index in [2.05, 4.69) is 122 Å². The van der Waals surface area contributed by atoms with Gasteiger partial charge in [0, 0.05) is 6.42 Å². The Kier molecular flexibility index (Phi) is 17.5. The minimum Gasteiger partial charge on any atom is -0.463 e. The summed E-state index contributed by atoms with van der Waals surface area (Å²) in [6, 6.07) is 21.4. The van der Waals surface area contributed by atoms with Gasteiger partial charge in [0.2, 0.25) is 0 Å². The van der Waals surface area contributed by atoms with Gasteiger partial charge in [0.15, 0.2) is 8.32 Å². The maximum absolute atomic E-state index is 12.9. The second-order valence-corrected chi connectivity index (χ2v) is 24.9. The molecule has 0 aromatic heterocycles. The van der Waals surface area contributed by atoms with Gasteiger partial charge < -0.3 is 13.6 Å². The summed E-state index contributed by atoms with van der Waals surface area (Å²) in [5, 5.41) is 2.37. The van der Waals surface area contributed by atoms with Crippen molar-refractivity contribution in [3.05, 3.63) is 60.7 Å². The fourth-order valence-electron chi connectivity index (χ4n) is 6.06. The summed E-state index contributed by atoms with van der Waals surface area (Å²) < 4.78 is 20.1. The summed E-state index contributed by atoms with van der Waals surface area (Å²) in [7, 11) is -4.90. The lowest BCUT2D eigenvalue weighted by atomic mass is 10.0. The molecule has 2 rings (SSSR count). The van der Waals surface area contributed by atoms with Crippen LogP contribution in [0.5, 0.6) is 0 Å². The molecule has 0 aliphatic carbocycles. The topological polar surface area (TPSA) is 44.8 Å². The van der Waals surface area contributed by atoms with E-state index in [1.54, 1.807) is 0 Å². The Morgan fingerprint density at radius 2 is 1.07 bits per heavy atom. The van der Waals surface area contributed by atoms with Crippen molar-refractivity contribution in [1.29, 1.82) is 0 Å². The number of benzene rings is 2. The van der Waals surface area contributed by atoms with E-state index in [-0.39, 0.29) is 28.8 Å². The van der Waals surface area contributed by atoms with Crippen LogP contribution in [0.3, 0.4) is 0 Å². The molecule has 0 fully saturated rings. The van der Waals surface area contributed by atoms with Crippen molar-refractivity contribution < 1.29 is 18.4 Å². The van der Waals surface area contributed by atoms with Crippen LogP contribution >= 0.6 is 0 Å². The van der Waals surface area contributed by atoms with E-state index in [0.29, 0.717) is 13.0 Å². The molecule has 46 heavy (non-hydrogen) atoms. The molecule has 0 bridgehead atoms. The fraction of sp³-hybridized carbons (Fsp3) is 0.675. The van der Waals surface area contributed by atoms with E-state index in [0.717, 1.165) is 12.8 Å². The third kappa shape index (κ3) is 13.0. The third-order valence-electron chi connectivity index (χ3n) is 9.83. The van der Waals surface area contributed by atoms with Gasteiger partial charge in [-0.15, -0.1) is 0 Å². The molecule has 0 saturated heterocycles. The third-order valence-corrected chi connectivity index (χ3v) is 19.4. The molecule has 0 heterocycles. The quantitative estimate of drug-likeness (QED) is 0.0711. The highest BCUT2D eigenvalue weighted by Crippen LogP contribution is 2.39. The van der Waals surface area contributed by atoms with Gasteiger partial charge in [-0.05, 0) is 40.0 Å². The average molecular weight is 669 g/mol. The summed E-state index contributed by atoms with van der Waals surface area (Å²) in [6.07, 6.45) is 15.5. The smallest absolute Gasteiger partial charge is 0.305 e. The number of hydrogen-bond donors (Lipinski definition) is 0. The highest BCUT2D eigenvalue weighted by molar-refractivity contribution is 6.99. The van der Waals surface area contributed by atoms with Crippen molar-refractivity contribution in [2.24, 2.45) is 0 Å². The van der Waals surface area contributed by atoms with Gasteiger partial charge in [-0.1, -0.05) is 180 Å². The van der Waals surface area contributed by atoms with Crippen LogP contribution in [0.1, 0.15) is 132 Å². The number of rotatable bonds is 22. The van der Waals surface area contributed by atoms with E-state index in [9.17, 15) is 4.79 Å². The zero-order chi connectivity index (χ0) is 34.1. The molecule has 2 aromatic carbocycles. The lowest BCUT2D eigenvalue weighted by Gasteiger charge is -2.45. The first-order valence-electron chi connectivity index (χ1n) is 18.3. The van der Waals surface area contributed by atoms with Crippen molar-refractivity contribution in [1.82, 2.24) is 0 Å². The number of unbranched alkanes of at least 4 members (excludes halogenated alkanes) is 11. The van der Waals surface area contributed by atoms with Crippen LogP contribution in [0.4, 0.5) is 0 Å². The van der Waals surface area contributed by atoms with Crippen LogP contribution in [0, 0.1) is 0 Å².